The van der Waals surface area contributed by atoms with Crippen LogP contribution in [-0.2, 0) is 11.0 Å². The molecule has 2 bridgehead atoms. The second-order valence-corrected chi connectivity index (χ2v) is 12.3. The highest BCUT2D eigenvalue weighted by molar-refractivity contribution is 7.84. The van der Waals surface area contributed by atoms with Crippen molar-refractivity contribution in [2.75, 3.05) is 31.7 Å². The van der Waals surface area contributed by atoms with E-state index in [1.807, 2.05) is 45.9 Å². The Morgan fingerprint density at radius 2 is 1.87 bits per heavy atom. The van der Waals surface area contributed by atoms with Gasteiger partial charge >= 0.3 is 0 Å². The van der Waals surface area contributed by atoms with Gasteiger partial charge in [-0.2, -0.15) is 0 Å². The van der Waals surface area contributed by atoms with Gasteiger partial charge in [0.25, 0.3) is 5.91 Å². The van der Waals surface area contributed by atoms with Gasteiger partial charge in [0.05, 0.1) is 17.5 Å². The Labute approximate surface area is 237 Å². The summed E-state index contributed by atoms with van der Waals surface area (Å²) in [5.41, 5.74) is 1.34. The molecule has 4 rings (SSSR count). The molecule has 1 saturated carbocycles. The van der Waals surface area contributed by atoms with Gasteiger partial charge in [-0.3, -0.25) is 9.52 Å². The minimum atomic E-state index is -1.51. The molecule has 1 aromatic rings. The maximum atomic E-state index is 13.0. The number of ether oxygens (including phenoxy) is 1. The summed E-state index contributed by atoms with van der Waals surface area (Å²) in [4.78, 5) is 15.3. The minimum Gasteiger partial charge on any atom is -0.491 e. The maximum absolute atomic E-state index is 13.0. The molecule has 1 aromatic carbocycles. The lowest BCUT2D eigenvalue weighted by molar-refractivity contribution is -0.124. The molecule has 0 aromatic heterocycles. The topological polar surface area (TPSA) is 119 Å². The first-order chi connectivity index (χ1) is 18.8. The van der Waals surface area contributed by atoms with Crippen LogP contribution in [0.5, 0.6) is 5.75 Å². The van der Waals surface area contributed by atoms with E-state index in [0.717, 1.165) is 70.2 Å². The van der Waals surface area contributed by atoms with Gasteiger partial charge in [-0.1, -0.05) is 33.3 Å². The first-order valence-corrected chi connectivity index (χ1v) is 15.6. The Balaban J connectivity index is 0.00000127. The Kier molecular flexibility index (Phi) is 14.0. The number of hydrogen-bond acceptors (Lipinski definition) is 7. The molecule has 1 aliphatic carbocycles. The molecule has 8 nitrogen and oxygen atoms in total. The third-order valence-corrected chi connectivity index (χ3v) is 9.93. The number of benzene rings is 1. The lowest BCUT2D eigenvalue weighted by Gasteiger charge is -2.45. The largest absolute Gasteiger partial charge is 0.491 e. The highest BCUT2D eigenvalue weighted by Crippen LogP contribution is 2.45. The molecule has 1 amide bonds. The van der Waals surface area contributed by atoms with E-state index in [1.54, 1.807) is 6.07 Å². The number of nitrogens with zero attached hydrogens (tertiary/aromatic N) is 1. The molecular weight excluding hydrogens is 516 g/mol. The average molecular weight is 567 g/mol. The molecular formula is C30H50N2O6S. The second kappa shape index (κ2) is 16.4. The van der Waals surface area contributed by atoms with Gasteiger partial charge in [0.15, 0.2) is 6.29 Å². The van der Waals surface area contributed by atoms with E-state index in [2.05, 4.69) is 16.2 Å². The number of amides is 1. The van der Waals surface area contributed by atoms with Crippen molar-refractivity contribution in [2.24, 2.45) is 29.6 Å². The van der Waals surface area contributed by atoms with E-state index >= 15 is 0 Å². The van der Waals surface area contributed by atoms with Crippen molar-refractivity contribution in [1.82, 2.24) is 4.72 Å². The van der Waals surface area contributed by atoms with Gasteiger partial charge < -0.3 is 25.0 Å². The average Bonchev–Trinajstić information content (AvgIpc) is 3.10. The predicted octanol–water partition coefficient (Wildman–Crippen LogP) is 4.27. The van der Waals surface area contributed by atoms with E-state index in [4.69, 9.17) is 9.84 Å². The number of aliphatic hydroxyl groups excluding tert-OH is 2. The first kappa shape index (κ1) is 33.3. The summed E-state index contributed by atoms with van der Waals surface area (Å²) >= 11 is 0. The van der Waals surface area contributed by atoms with E-state index in [9.17, 15) is 19.2 Å². The fourth-order valence-electron chi connectivity index (χ4n) is 5.87. The number of aliphatic hydroxyl groups is 3. The normalized spacial score (nSPS) is 30.9. The predicted molar refractivity (Wildman–Crippen MR) is 158 cm³/mol. The number of rotatable bonds is 3. The Morgan fingerprint density at radius 1 is 1.15 bits per heavy atom. The molecule has 7 atom stereocenters. The van der Waals surface area contributed by atoms with Crippen LogP contribution in [0.15, 0.2) is 30.9 Å². The number of allylic oxidation sites excluding steroid dienone is 1. The number of hydrogen-bond donors (Lipinski definition) is 4. The fourth-order valence-corrected chi connectivity index (χ4v) is 6.91. The molecule has 3 aliphatic rings. The van der Waals surface area contributed by atoms with Crippen LogP contribution in [0.25, 0.3) is 0 Å². The van der Waals surface area contributed by atoms with Crippen LogP contribution in [0.3, 0.4) is 0 Å². The van der Waals surface area contributed by atoms with E-state index in [0.29, 0.717) is 18.1 Å². The summed E-state index contributed by atoms with van der Waals surface area (Å²) in [6.07, 6.45) is 5.87. The standard InChI is InChI=1S/C27H40N2O5S.C2H6.CH4O/c1-4-6-19-14-29-15-21-9-11-22(21)23(27(31)32)8-5-7-17(2)18(3)35(33)28-26(30)20-10-12-25(34-16-19)24(29)13-20;2*1-2/h4,10,12-13,17-19,21-23,27,31-32H,1,5-9,11,14-16H2,2-3H3,(H,28,30);1-2H3;2H,1H3/t17?,18-,19?,21?,22?,23+,35?;;/m0../s1. The van der Waals surface area contributed by atoms with Gasteiger partial charge in [-0.25, -0.2) is 4.21 Å². The second-order valence-electron chi connectivity index (χ2n) is 10.7. The number of nitrogens with one attached hydrogen (secondary N) is 1. The van der Waals surface area contributed by atoms with Crippen molar-refractivity contribution in [3.05, 3.63) is 36.4 Å². The highest BCUT2D eigenvalue weighted by atomic mass is 32.2. The van der Waals surface area contributed by atoms with Crippen molar-refractivity contribution >= 4 is 22.6 Å². The Morgan fingerprint density at radius 3 is 2.49 bits per heavy atom. The molecule has 0 spiro atoms. The van der Waals surface area contributed by atoms with E-state index in [-0.39, 0.29) is 34.8 Å². The molecule has 0 saturated heterocycles. The summed E-state index contributed by atoms with van der Waals surface area (Å²) in [7, 11) is -0.514. The van der Waals surface area contributed by atoms with Gasteiger partial charge in [0.2, 0.25) is 0 Å². The van der Waals surface area contributed by atoms with Crippen LogP contribution in [0, 0.1) is 29.6 Å². The lowest BCUT2D eigenvalue weighted by atomic mass is 9.65. The molecule has 1 fully saturated rings. The SMILES string of the molecule is C=CCC1COc2ccc3cc2N(C1)CC1CCC1[C@H](C(O)O)CCCC(C)[C@H](C)S(=O)NC3=O.CC.CO. The summed E-state index contributed by atoms with van der Waals surface area (Å²) in [5, 5.41) is 27.3. The Bertz CT molecular complexity index is 942. The molecule has 4 N–H and O–H groups in total. The van der Waals surface area contributed by atoms with Gasteiger partial charge in [0, 0.05) is 37.6 Å². The van der Waals surface area contributed by atoms with Crippen molar-refractivity contribution < 1.29 is 29.1 Å². The molecule has 5 unspecified atom stereocenters. The van der Waals surface area contributed by atoms with Crippen molar-refractivity contribution in [3.8, 4) is 5.75 Å². The molecule has 0 radical (unpaired) electrons. The van der Waals surface area contributed by atoms with E-state index < -0.39 is 17.3 Å². The van der Waals surface area contributed by atoms with Crippen LogP contribution in [0.2, 0.25) is 0 Å². The zero-order valence-electron chi connectivity index (χ0n) is 24.3. The molecule has 2 aliphatic heterocycles. The quantitative estimate of drug-likeness (QED) is 0.319. The summed E-state index contributed by atoms with van der Waals surface area (Å²) in [6, 6.07) is 5.42. The van der Waals surface area contributed by atoms with Crippen LogP contribution < -0.4 is 14.4 Å². The van der Waals surface area contributed by atoms with Crippen molar-refractivity contribution in [2.45, 2.75) is 77.8 Å². The minimum absolute atomic E-state index is 0.135. The van der Waals surface area contributed by atoms with Crippen LogP contribution >= 0.6 is 0 Å². The van der Waals surface area contributed by atoms with Gasteiger partial charge in [-0.15, -0.1) is 6.58 Å². The number of anilines is 1. The van der Waals surface area contributed by atoms with Crippen LogP contribution in [0.4, 0.5) is 5.69 Å². The first-order valence-electron chi connectivity index (χ1n) is 14.4. The third-order valence-electron chi connectivity index (χ3n) is 8.41. The van der Waals surface area contributed by atoms with Crippen LogP contribution in [-0.4, -0.2) is 63.8 Å². The van der Waals surface area contributed by atoms with Gasteiger partial charge in [-0.05, 0) is 75.0 Å². The summed E-state index contributed by atoms with van der Waals surface area (Å²) < 4.78 is 21.8. The monoisotopic (exact) mass is 566 g/mol. The molecule has 2 heterocycles. The lowest BCUT2D eigenvalue weighted by Crippen LogP contribution is -2.45. The smallest absolute Gasteiger partial charge is 0.263 e. The maximum Gasteiger partial charge on any atom is 0.263 e. The fraction of sp³-hybridized carbons (Fsp3) is 0.700. The van der Waals surface area contributed by atoms with E-state index in [1.165, 1.54) is 0 Å². The number of fused-ring (bicyclic) bond motifs is 2. The van der Waals surface area contributed by atoms with Crippen LogP contribution in [0.1, 0.15) is 76.6 Å². The van der Waals surface area contributed by atoms with Crippen molar-refractivity contribution in [3.63, 3.8) is 0 Å². The van der Waals surface area contributed by atoms with Gasteiger partial charge in [0.1, 0.15) is 16.7 Å². The summed E-state index contributed by atoms with van der Waals surface area (Å²) in [6.45, 7) is 14.0. The summed E-state index contributed by atoms with van der Waals surface area (Å²) in [5.74, 6) is 1.26. The molecule has 9 heteroatoms. The zero-order valence-corrected chi connectivity index (χ0v) is 25.2. The Hall–Kier alpha value is -1.94. The highest BCUT2D eigenvalue weighted by Gasteiger charge is 2.41. The number of carbonyl (C=O) groups excluding carboxylic acids is 1. The number of carbonyl (C=O) groups is 1. The molecule has 39 heavy (non-hydrogen) atoms. The third kappa shape index (κ3) is 8.52. The zero-order chi connectivity index (χ0) is 29.1. The molecule has 222 valence electrons. The van der Waals surface area contributed by atoms with Crippen molar-refractivity contribution in [1.29, 1.82) is 0 Å².